The number of hydrogen-bond donors (Lipinski definition) is 2. The second kappa shape index (κ2) is 11.1. The normalized spacial score (nSPS) is 13.9. The summed E-state index contributed by atoms with van der Waals surface area (Å²) in [6.45, 7) is 3.59. The van der Waals surface area contributed by atoms with Crippen LogP contribution in [0, 0.1) is 6.92 Å². The lowest BCUT2D eigenvalue weighted by atomic mass is 10.1. The number of nitrogens with zero attached hydrogens (tertiary/aromatic N) is 2. The number of furan rings is 1. The molecular weight excluding hydrogens is 546 g/mol. The van der Waals surface area contributed by atoms with E-state index in [1.165, 1.54) is 12.1 Å². The molecule has 0 saturated heterocycles. The zero-order valence-electron chi connectivity index (χ0n) is 22.3. The molecule has 0 atom stereocenters. The van der Waals surface area contributed by atoms with Gasteiger partial charge in [-0.25, -0.2) is 4.79 Å². The molecule has 0 unspecified atom stereocenters. The van der Waals surface area contributed by atoms with Crippen LogP contribution < -0.4 is 15.1 Å². The van der Waals surface area contributed by atoms with Crippen molar-refractivity contribution in [2.75, 3.05) is 17.4 Å². The summed E-state index contributed by atoms with van der Waals surface area (Å²) in [5, 5.41) is 17.8. The molecule has 1 aliphatic rings. The number of carbonyl (C=O) groups excluding carboxylic acids is 2. The fraction of sp³-hybridized carbons (Fsp3) is 0.0968. The Kier molecular flexibility index (Phi) is 7.45. The molecule has 3 aromatic carbocycles. The van der Waals surface area contributed by atoms with Crippen LogP contribution in [0.15, 0.2) is 87.9 Å². The molecule has 4 aromatic rings. The molecule has 2 N–H and O–H groups in total. The van der Waals surface area contributed by atoms with Crippen LogP contribution in [-0.2, 0) is 4.79 Å². The van der Waals surface area contributed by atoms with Crippen LogP contribution in [0.4, 0.5) is 11.4 Å². The highest BCUT2D eigenvalue weighted by molar-refractivity contribution is 6.34. The highest BCUT2D eigenvalue weighted by Gasteiger charge is 2.29. The molecule has 10 heteroatoms. The van der Waals surface area contributed by atoms with E-state index in [2.05, 4.69) is 10.4 Å². The highest BCUT2D eigenvalue weighted by Crippen LogP contribution is 2.31. The first kappa shape index (κ1) is 27.4. The van der Waals surface area contributed by atoms with Crippen molar-refractivity contribution in [3.8, 4) is 17.1 Å². The lowest BCUT2D eigenvalue weighted by molar-refractivity contribution is -0.114. The number of hydrogen-bond acceptors (Lipinski definition) is 6. The average molecular weight is 570 g/mol. The molecule has 5 rings (SSSR count). The number of carboxylic acid groups (broad SMARTS) is 1. The topological polar surface area (TPSA) is 121 Å². The first-order chi connectivity index (χ1) is 19.6. The Labute approximate surface area is 240 Å². The molecule has 9 nitrogen and oxygen atoms in total. The number of methoxy groups -OCH3 is 1. The third-order valence-electron chi connectivity index (χ3n) is 6.48. The number of anilines is 2. The van der Waals surface area contributed by atoms with Crippen molar-refractivity contribution in [2.45, 2.75) is 13.8 Å². The lowest BCUT2D eigenvalue weighted by Crippen LogP contribution is -2.21. The first-order valence-corrected chi connectivity index (χ1v) is 12.8. The van der Waals surface area contributed by atoms with E-state index < -0.39 is 17.8 Å². The molecule has 0 aliphatic carbocycles. The van der Waals surface area contributed by atoms with Gasteiger partial charge < -0.3 is 19.6 Å². The van der Waals surface area contributed by atoms with E-state index in [1.54, 1.807) is 74.7 Å². The number of carbonyl (C=O) groups is 3. The molecule has 1 aromatic heterocycles. The van der Waals surface area contributed by atoms with Gasteiger partial charge in [-0.05, 0) is 80.1 Å². The third-order valence-corrected chi connectivity index (χ3v) is 6.80. The summed E-state index contributed by atoms with van der Waals surface area (Å²) in [6, 6.07) is 19.7. The molecule has 1 aliphatic heterocycles. The summed E-state index contributed by atoms with van der Waals surface area (Å²) in [6.07, 6.45) is 1.57. The zero-order valence-corrected chi connectivity index (χ0v) is 23.0. The largest absolute Gasteiger partial charge is 0.496 e. The molecular formula is C31H24ClN3O6. The molecule has 2 amide bonds. The summed E-state index contributed by atoms with van der Waals surface area (Å²) >= 11 is 6.36. The number of halogens is 1. The zero-order chi connectivity index (χ0) is 29.3. The number of benzene rings is 3. The molecule has 0 saturated carbocycles. The van der Waals surface area contributed by atoms with Gasteiger partial charge in [0, 0.05) is 17.3 Å². The van der Waals surface area contributed by atoms with E-state index in [1.807, 2.05) is 13.0 Å². The second-order valence-corrected chi connectivity index (χ2v) is 9.66. The van der Waals surface area contributed by atoms with Crippen molar-refractivity contribution in [3.63, 3.8) is 0 Å². The quantitative estimate of drug-likeness (QED) is 0.240. The second-order valence-electron chi connectivity index (χ2n) is 9.25. The summed E-state index contributed by atoms with van der Waals surface area (Å²) in [5.41, 5.74) is 3.51. The van der Waals surface area contributed by atoms with Gasteiger partial charge >= 0.3 is 5.97 Å². The standard InChI is InChI=1S/C31H24ClN3O6/c1-17-7-9-21(15-28(17)40-3)33-29(36)25-14-19(8-11-26(25)32)27-12-10-23(41-27)16-24-18(2)34-35(30(24)37)22-6-4-5-20(13-22)31(38)39/h4-16H,1-3H3,(H,33,36)(H,38,39)/b24-16-. The van der Waals surface area contributed by atoms with Crippen molar-refractivity contribution < 1.29 is 28.6 Å². The van der Waals surface area contributed by atoms with Gasteiger partial charge in [-0.15, -0.1) is 0 Å². The Morgan fingerprint density at radius 2 is 1.85 bits per heavy atom. The average Bonchev–Trinajstić information content (AvgIpc) is 3.54. The fourth-order valence-corrected chi connectivity index (χ4v) is 4.51. The maximum absolute atomic E-state index is 13.1. The van der Waals surface area contributed by atoms with E-state index in [9.17, 15) is 19.5 Å². The van der Waals surface area contributed by atoms with E-state index in [-0.39, 0.29) is 16.1 Å². The van der Waals surface area contributed by atoms with Gasteiger partial charge in [0.2, 0.25) is 0 Å². The lowest BCUT2D eigenvalue weighted by Gasteiger charge is -2.12. The number of hydrazone groups is 1. The third kappa shape index (κ3) is 5.61. The van der Waals surface area contributed by atoms with Crippen LogP contribution in [0.1, 0.15) is 39.0 Å². The molecule has 0 spiro atoms. The number of rotatable bonds is 7. The van der Waals surface area contributed by atoms with Gasteiger partial charge in [-0.2, -0.15) is 10.1 Å². The van der Waals surface area contributed by atoms with Crippen molar-refractivity contribution in [3.05, 3.63) is 106 Å². The van der Waals surface area contributed by atoms with Gasteiger partial charge in [-0.3, -0.25) is 9.59 Å². The highest BCUT2D eigenvalue weighted by atomic mass is 35.5. The van der Waals surface area contributed by atoms with Crippen molar-refractivity contribution >= 4 is 52.5 Å². The van der Waals surface area contributed by atoms with Crippen LogP contribution in [0.25, 0.3) is 17.4 Å². The van der Waals surface area contributed by atoms with Crippen LogP contribution in [0.3, 0.4) is 0 Å². The van der Waals surface area contributed by atoms with E-state index in [0.29, 0.717) is 45.5 Å². The summed E-state index contributed by atoms with van der Waals surface area (Å²) in [7, 11) is 1.56. The summed E-state index contributed by atoms with van der Waals surface area (Å²) in [4.78, 5) is 37.5. The number of carboxylic acids is 1. The van der Waals surface area contributed by atoms with Gasteiger partial charge in [0.25, 0.3) is 11.8 Å². The fourth-order valence-electron chi connectivity index (χ4n) is 4.31. The van der Waals surface area contributed by atoms with Gasteiger partial charge in [0.15, 0.2) is 0 Å². The minimum Gasteiger partial charge on any atom is -0.496 e. The van der Waals surface area contributed by atoms with Crippen LogP contribution in [0.5, 0.6) is 5.75 Å². The van der Waals surface area contributed by atoms with Gasteiger partial charge in [0.05, 0.1) is 40.2 Å². The van der Waals surface area contributed by atoms with Crippen LogP contribution in [0.2, 0.25) is 5.02 Å². The summed E-state index contributed by atoms with van der Waals surface area (Å²) < 4.78 is 11.3. The monoisotopic (exact) mass is 569 g/mol. The minimum atomic E-state index is -1.10. The smallest absolute Gasteiger partial charge is 0.335 e. The molecule has 41 heavy (non-hydrogen) atoms. The Balaban J connectivity index is 1.37. The van der Waals surface area contributed by atoms with Crippen molar-refractivity contribution in [1.29, 1.82) is 0 Å². The SMILES string of the molecule is COc1cc(NC(=O)c2cc(-c3ccc(/C=C4\C(=O)N(c5cccc(C(=O)O)c5)N=C4C)o3)ccc2Cl)ccc1C. The Bertz CT molecular complexity index is 1770. The summed E-state index contributed by atoms with van der Waals surface area (Å²) in [5.74, 6) is -0.403. The minimum absolute atomic E-state index is 0.0471. The van der Waals surface area contributed by atoms with Gasteiger partial charge in [-0.1, -0.05) is 23.7 Å². The van der Waals surface area contributed by atoms with E-state index >= 15 is 0 Å². The number of aryl methyl sites for hydroxylation is 1. The number of amides is 2. The predicted molar refractivity (Wildman–Crippen MR) is 157 cm³/mol. The Morgan fingerprint density at radius 1 is 1.05 bits per heavy atom. The predicted octanol–water partition coefficient (Wildman–Crippen LogP) is 6.67. The Morgan fingerprint density at radius 3 is 2.61 bits per heavy atom. The van der Waals surface area contributed by atoms with Crippen LogP contribution >= 0.6 is 11.6 Å². The number of aromatic carboxylic acids is 1. The van der Waals surface area contributed by atoms with Crippen molar-refractivity contribution in [2.24, 2.45) is 5.10 Å². The van der Waals surface area contributed by atoms with E-state index in [0.717, 1.165) is 10.6 Å². The molecule has 0 bridgehead atoms. The Hall–Kier alpha value is -5.15. The molecule has 0 radical (unpaired) electrons. The maximum atomic E-state index is 13.1. The number of nitrogens with one attached hydrogen (secondary N) is 1. The van der Waals surface area contributed by atoms with Gasteiger partial charge in [0.1, 0.15) is 17.3 Å². The van der Waals surface area contributed by atoms with Crippen molar-refractivity contribution in [1.82, 2.24) is 0 Å². The number of ether oxygens (including phenoxy) is 1. The first-order valence-electron chi connectivity index (χ1n) is 12.5. The molecule has 0 fully saturated rings. The maximum Gasteiger partial charge on any atom is 0.335 e. The molecule has 2 heterocycles. The molecule has 206 valence electrons. The van der Waals surface area contributed by atoms with Crippen LogP contribution in [-0.4, -0.2) is 35.7 Å². The van der Waals surface area contributed by atoms with E-state index in [4.69, 9.17) is 20.8 Å².